The molecular formula is C13H16BrN3. The Bertz CT molecular complexity index is 482. The number of aliphatic imine (C=N–C) groups is 1. The molecule has 3 rings (SSSR count). The SMILES string of the molecule is CN(C)C1CCC2=Nc3nc(Br)ccc3C2C1. The van der Waals surface area contributed by atoms with Gasteiger partial charge in [0.15, 0.2) is 5.82 Å². The van der Waals surface area contributed by atoms with E-state index in [0.29, 0.717) is 12.0 Å². The Morgan fingerprint density at radius 2 is 2.18 bits per heavy atom. The molecule has 0 bridgehead atoms. The van der Waals surface area contributed by atoms with Gasteiger partial charge >= 0.3 is 0 Å². The molecular weight excluding hydrogens is 278 g/mol. The minimum Gasteiger partial charge on any atom is -0.306 e. The molecule has 4 heteroatoms. The van der Waals surface area contributed by atoms with Crippen molar-refractivity contribution >= 4 is 27.5 Å². The second kappa shape index (κ2) is 4.18. The van der Waals surface area contributed by atoms with Crippen LogP contribution in [0.2, 0.25) is 0 Å². The van der Waals surface area contributed by atoms with Crippen molar-refractivity contribution in [2.75, 3.05) is 14.1 Å². The molecule has 2 heterocycles. The third kappa shape index (κ3) is 1.93. The van der Waals surface area contributed by atoms with Gasteiger partial charge in [-0.2, -0.15) is 0 Å². The van der Waals surface area contributed by atoms with Gasteiger partial charge in [-0.15, -0.1) is 0 Å². The van der Waals surface area contributed by atoms with Gasteiger partial charge < -0.3 is 4.90 Å². The Balaban J connectivity index is 1.93. The van der Waals surface area contributed by atoms with E-state index in [9.17, 15) is 0 Å². The van der Waals surface area contributed by atoms with E-state index in [4.69, 9.17) is 0 Å². The number of pyridine rings is 1. The van der Waals surface area contributed by atoms with Crippen molar-refractivity contribution in [3.63, 3.8) is 0 Å². The van der Waals surface area contributed by atoms with Crippen molar-refractivity contribution in [3.8, 4) is 0 Å². The van der Waals surface area contributed by atoms with Crippen LogP contribution < -0.4 is 0 Å². The van der Waals surface area contributed by atoms with Crippen molar-refractivity contribution in [3.05, 3.63) is 22.3 Å². The minimum absolute atomic E-state index is 0.506. The van der Waals surface area contributed by atoms with Crippen molar-refractivity contribution in [2.24, 2.45) is 4.99 Å². The zero-order valence-electron chi connectivity index (χ0n) is 10.2. The fourth-order valence-electron chi connectivity index (χ4n) is 2.86. The van der Waals surface area contributed by atoms with Gasteiger partial charge in [-0.3, -0.25) is 0 Å². The average molecular weight is 294 g/mol. The van der Waals surface area contributed by atoms with Crippen LogP contribution in [-0.4, -0.2) is 35.7 Å². The maximum absolute atomic E-state index is 4.69. The highest BCUT2D eigenvalue weighted by atomic mass is 79.9. The Morgan fingerprint density at radius 1 is 1.35 bits per heavy atom. The van der Waals surface area contributed by atoms with E-state index < -0.39 is 0 Å². The molecule has 1 aliphatic carbocycles. The zero-order valence-corrected chi connectivity index (χ0v) is 11.7. The van der Waals surface area contributed by atoms with E-state index in [1.807, 2.05) is 6.07 Å². The van der Waals surface area contributed by atoms with E-state index in [1.165, 1.54) is 24.1 Å². The summed E-state index contributed by atoms with van der Waals surface area (Å²) in [6, 6.07) is 4.87. The molecule has 0 amide bonds. The summed E-state index contributed by atoms with van der Waals surface area (Å²) in [7, 11) is 4.34. The van der Waals surface area contributed by atoms with Gasteiger partial charge in [0.2, 0.25) is 0 Å². The topological polar surface area (TPSA) is 28.5 Å². The zero-order chi connectivity index (χ0) is 12.0. The van der Waals surface area contributed by atoms with Crippen LogP contribution in [0.3, 0.4) is 0 Å². The maximum Gasteiger partial charge on any atom is 0.156 e. The van der Waals surface area contributed by atoms with Gasteiger partial charge in [-0.25, -0.2) is 9.98 Å². The Hall–Kier alpha value is -0.740. The van der Waals surface area contributed by atoms with Crippen LogP contribution in [0.5, 0.6) is 0 Å². The van der Waals surface area contributed by atoms with E-state index in [-0.39, 0.29) is 0 Å². The van der Waals surface area contributed by atoms with E-state index in [0.717, 1.165) is 16.8 Å². The normalized spacial score (nSPS) is 26.7. The summed E-state index contributed by atoms with van der Waals surface area (Å²) in [6.07, 6.45) is 3.52. The molecule has 2 unspecified atom stereocenters. The number of rotatable bonds is 1. The highest BCUT2D eigenvalue weighted by Crippen LogP contribution is 2.42. The first-order valence-corrected chi connectivity index (χ1v) is 6.85. The summed E-state index contributed by atoms with van der Waals surface area (Å²) in [4.78, 5) is 11.5. The van der Waals surface area contributed by atoms with Crippen LogP contribution in [0.15, 0.2) is 21.7 Å². The first-order chi connectivity index (χ1) is 8.15. The van der Waals surface area contributed by atoms with E-state index in [1.54, 1.807) is 0 Å². The van der Waals surface area contributed by atoms with E-state index in [2.05, 4.69) is 51.0 Å². The van der Waals surface area contributed by atoms with Crippen LogP contribution in [0.1, 0.15) is 30.7 Å². The summed E-state index contributed by atoms with van der Waals surface area (Å²) in [5.74, 6) is 1.44. The molecule has 1 saturated carbocycles. The van der Waals surface area contributed by atoms with Crippen molar-refractivity contribution in [1.82, 2.24) is 9.88 Å². The lowest BCUT2D eigenvalue weighted by Gasteiger charge is -2.32. The van der Waals surface area contributed by atoms with Crippen LogP contribution >= 0.6 is 15.9 Å². The first kappa shape index (κ1) is 11.4. The second-order valence-corrected chi connectivity index (χ2v) is 5.91. The van der Waals surface area contributed by atoms with Gasteiger partial charge in [-0.05, 0) is 55.4 Å². The van der Waals surface area contributed by atoms with Gasteiger partial charge in [-0.1, -0.05) is 6.07 Å². The third-order valence-electron chi connectivity index (χ3n) is 3.87. The highest BCUT2D eigenvalue weighted by Gasteiger charge is 2.34. The molecule has 2 aliphatic rings. The summed E-state index contributed by atoms with van der Waals surface area (Å²) in [5, 5.41) is 0. The predicted octanol–water partition coefficient (Wildman–Crippen LogP) is 3.13. The molecule has 0 spiro atoms. The fourth-order valence-corrected chi connectivity index (χ4v) is 3.16. The largest absolute Gasteiger partial charge is 0.306 e. The van der Waals surface area contributed by atoms with Gasteiger partial charge in [0.1, 0.15) is 4.60 Å². The summed E-state index contributed by atoms with van der Waals surface area (Å²) in [5.41, 5.74) is 2.65. The Labute approximate surface area is 110 Å². The van der Waals surface area contributed by atoms with Crippen LogP contribution in [0, 0.1) is 0 Å². The number of hydrogen-bond acceptors (Lipinski definition) is 3. The third-order valence-corrected chi connectivity index (χ3v) is 4.31. The monoisotopic (exact) mass is 293 g/mol. The number of halogens is 1. The van der Waals surface area contributed by atoms with E-state index >= 15 is 0 Å². The molecule has 1 aromatic rings. The van der Waals surface area contributed by atoms with Gasteiger partial charge in [0.05, 0.1) is 0 Å². The molecule has 1 aliphatic heterocycles. The number of hydrogen-bond donors (Lipinski definition) is 0. The average Bonchev–Trinajstić information content (AvgIpc) is 2.64. The molecule has 0 aromatic carbocycles. The van der Waals surface area contributed by atoms with Gasteiger partial charge in [0, 0.05) is 23.2 Å². The van der Waals surface area contributed by atoms with Gasteiger partial charge in [0.25, 0.3) is 0 Å². The lowest BCUT2D eigenvalue weighted by Crippen LogP contribution is -2.35. The summed E-state index contributed by atoms with van der Waals surface area (Å²) in [6.45, 7) is 0. The summed E-state index contributed by atoms with van der Waals surface area (Å²) < 4.78 is 0.878. The van der Waals surface area contributed by atoms with Crippen LogP contribution in [0.25, 0.3) is 0 Å². The molecule has 0 radical (unpaired) electrons. The smallest absolute Gasteiger partial charge is 0.156 e. The van der Waals surface area contributed by atoms with Crippen LogP contribution in [0.4, 0.5) is 5.82 Å². The molecule has 2 atom stereocenters. The fraction of sp³-hybridized carbons (Fsp3) is 0.538. The Morgan fingerprint density at radius 3 is 2.94 bits per heavy atom. The second-order valence-electron chi connectivity index (χ2n) is 5.09. The Kier molecular flexibility index (Phi) is 2.79. The maximum atomic E-state index is 4.69. The van der Waals surface area contributed by atoms with Crippen LogP contribution in [-0.2, 0) is 0 Å². The lowest BCUT2D eigenvalue weighted by molar-refractivity contribution is 0.253. The lowest BCUT2D eigenvalue weighted by atomic mass is 9.81. The molecule has 17 heavy (non-hydrogen) atoms. The highest BCUT2D eigenvalue weighted by molar-refractivity contribution is 9.10. The molecule has 3 nitrogen and oxygen atoms in total. The molecule has 1 fully saturated rings. The minimum atomic E-state index is 0.506. The number of nitrogens with zero attached hydrogens (tertiary/aromatic N) is 3. The van der Waals surface area contributed by atoms with Crippen molar-refractivity contribution in [2.45, 2.75) is 31.2 Å². The van der Waals surface area contributed by atoms with Crippen molar-refractivity contribution in [1.29, 1.82) is 0 Å². The number of aromatic nitrogens is 1. The molecule has 90 valence electrons. The first-order valence-electron chi connectivity index (χ1n) is 6.05. The molecule has 1 aromatic heterocycles. The predicted molar refractivity (Wildman–Crippen MR) is 73.1 cm³/mol. The molecule has 0 N–H and O–H groups in total. The quantitative estimate of drug-likeness (QED) is 0.744. The standard InChI is InChI=1S/C13H16BrN3/c1-17(2)8-3-5-11-10(7-8)9-4-6-12(14)16-13(9)15-11/h4,6,8,10H,3,5,7H2,1-2H3. The van der Waals surface area contributed by atoms with Crippen molar-refractivity contribution < 1.29 is 0 Å². The number of fused-ring (bicyclic) bond motifs is 3. The summed E-state index contributed by atoms with van der Waals surface area (Å²) >= 11 is 3.41. The molecule has 0 saturated heterocycles.